The Balaban J connectivity index is 1.65. The standard InChI is InChI=1S/C15H16N6O2/c1-9-5-11-6-12(3-4-13(11)16-9)18-15(23)8-21-7-14(19-20-21)17-10(2)22/h3-7,16H,8H2,1-2H3,(H,17,22)(H,18,23). The van der Waals surface area contributed by atoms with Crippen molar-refractivity contribution in [3.63, 3.8) is 0 Å². The molecule has 0 bridgehead atoms. The van der Waals surface area contributed by atoms with Gasteiger partial charge in [0.05, 0.1) is 6.20 Å². The molecule has 2 aromatic heterocycles. The molecule has 3 aromatic rings. The van der Waals surface area contributed by atoms with E-state index < -0.39 is 0 Å². The molecular formula is C15H16N6O2. The number of benzene rings is 1. The van der Waals surface area contributed by atoms with Gasteiger partial charge in [-0.25, -0.2) is 4.68 Å². The smallest absolute Gasteiger partial charge is 0.246 e. The van der Waals surface area contributed by atoms with Crippen LogP contribution >= 0.6 is 0 Å². The lowest BCUT2D eigenvalue weighted by atomic mass is 10.2. The Hall–Kier alpha value is -3.16. The lowest BCUT2D eigenvalue weighted by molar-refractivity contribution is -0.117. The fraction of sp³-hybridized carbons (Fsp3) is 0.200. The normalized spacial score (nSPS) is 10.7. The van der Waals surface area contributed by atoms with Crippen LogP contribution in [0.25, 0.3) is 10.9 Å². The van der Waals surface area contributed by atoms with Crippen molar-refractivity contribution in [1.29, 1.82) is 0 Å². The highest BCUT2D eigenvalue weighted by molar-refractivity contribution is 5.94. The van der Waals surface area contributed by atoms with Crippen molar-refractivity contribution in [2.45, 2.75) is 20.4 Å². The molecule has 0 unspecified atom stereocenters. The summed E-state index contributed by atoms with van der Waals surface area (Å²) in [6.07, 6.45) is 1.50. The zero-order valence-electron chi connectivity index (χ0n) is 12.8. The number of anilines is 2. The van der Waals surface area contributed by atoms with Crippen LogP contribution in [0.1, 0.15) is 12.6 Å². The molecule has 3 rings (SSSR count). The van der Waals surface area contributed by atoms with Gasteiger partial charge in [-0.05, 0) is 31.2 Å². The maximum atomic E-state index is 12.1. The summed E-state index contributed by atoms with van der Waals surface area (Å²) in [4.78, 5) is 26.2. The van der Waals surface area contributed by atoms with Crippen molar-refractivity contribution in [3.05, 3.63) is 36.2 Å². The SMILES string of the molecule is CC(=O)Nc1cn(CC(=O)Nc2ccc3[nH]c(C)cc3c2)nn1. The highest BCUT2D eigenvalue weighted by Crippen LogP contribution is 2.19. The van der Waals surface area contributed by atoms with Crippen LogP contribution in [0, 0.1) is 6.92 Å². The molecular weight excluding hydrogens is 296 g/mol. The third kappa shape index (κ3) is 3.54. The molecule has 0 spiro atoms. The van der Waals surface area contributed by atoms with Crippen molar-refractivity contribution < 1.29 is 9.59 Å². The number of amides is 2. The van der Waals surface area contributed by atoms with Gasteiger partial charge in [0.2, 0.25) is 11.8 Å². The van der Waals surface area contributed by atoms with E-state index in [2.05, 4.69) is 25.9 Å². The van der Waals surface area contributed by atoms with Crippen LogP contribution in [0.2, 0.25) is 0 Å². The number of fused-ring (bicyclic) bond motifs is 1. The minimum Gasteiger partial charge on any atom is -0.359 e. The fourth-order valence-corrected chi connectivity index (χ4v) is 2.32. The van der Waals surface area contributed by atoms with Crippen molar-refractivity contribution in [1.82, 2.24) is 20.0 Å². The summed E-state index contributed by atoms with van der Waals surface area (Å²) < 4.78 is 1.36. The topological polar surface area (TPSA) is 105 Å². The van der Waals surface area contributed by atoms with Crippen molar-refractivity contribution in [3.8, 4) is 0 Å². The number of aromatic nitrogens is 4. The van der Waals surface area contributed by atoms with Gasteiger partial charge in [-0.3, -0.25) is 9.59 Å². The Labute approximate surface area is 131 Å². The van der Waals surface area contributed by atoms with Gasteiger partial charge in [-0.15, -0.1) is 5.10 Å². The predicted octanol–water partition coefficient (Wildman–Crippen LogP) is 1.66. The first kappa shape index (κ1) is 14.8. The quantitative estimate of drug-likeness (QED) is 0.681. The number of nitrogens with one attached hydrogen (secondary N) is 3. The number of rotatable bonds is 4. The molecule has 118 valence electrons. The van der Waals surface area contributed by atoms with Crippen molar-refractivity contribution in [2.24, 2.45) is 0 Å². The number of carbonyl (C=O) groups is 2. The first-order valence-electron chi connectivity index (χ1n) is 7.06. The van der Waals surface area contributed by atoms with Gasteiger partial charge in [-0.1, -0.05) is 5.21 Å². The van der Waals surface area contributed by atoms with Crippen LogP contribution < -0.4 is 10.6 Å². The van der Waals surface area contributed by atoms with Gasteiger partial charge < -0.3 is 15.6 Å². The van der Waals surface area contributed by atoms with E-state index >= 15 is 0 Å². The van der Waals surface area contributed by atoms with Crippen molar-refractivity contribution >= 4 is 34.2 Å². The molecule has 3 N–H and O–H groups in total. The number of nitrogens with zero attached hydrogens (tertiary/aromatic N) is 3. The lowest BCUT2D eigenvalue weighted by Gasteiger charge is -2.05. The minimum absolute atomic E-state index is 0.0107. The average Bonchev–Trinajstić information content (AvgIpc) is 3.03. The number of H-pyrrole nitrogens is 1. The summed E-state index contributed by atoms with van der Waals surface area (Å²) in [6, 6.07) is 7.67. The second-order valence-corrected chi connectivity index (χ2v) is 5.29. The molecule has 0 atom stereocenters. The molecule has 2 amide bonds. The van der Waals surface area contributed by atoms with E-state index in [1.807, 2.05) is 31.2 Å². The Morgan fingerprint density at radius 1 is 1.26 bits per heavy atom. The van der Waals surface area contributed by atoms with E-state index in [1.165, 1.54) is 17.8 Å². The summed E-state index contributed by atoms with van der Waals surface area (Å²) in [5.74, 6) is -0.151. The van der Waals surface area contributed by atoms with Gasteiger partial charge in [-0.2, -0.15) is 0 Å². The number of hydrogen-bond donors (Lipinski definition) is 3. The summed E-state index contributed by atoms with van der Waals surface area (Å²) >= 11 is 0. The average molecular weight is 312 g/mol. The van der Waals surface area contributed by atoms with E-state index in [1.54, 1.807) is 0 Å². The highest BCUT2D eigenvalue weighted by Gasteiger charge is 2.08. The van der Waals surface area contributed by atoms with Crippen LogP contribution in [0.4, 0.5) is 11.5 Å². The number of aromatic amines is 1. The minimum atomic E-state index is -0.239. The Kier molecular flexibility index (Phi) is 3.80. The maximum Gasteiger partial charge on any atom is 0.246 e. The van der Waals surface area contributed by atoms with Gasteiger partial charge in [0.25, 0.3) is 0 Å². The molecule has 0 radical (unpaired) electrons. The monoisotopic (exact) mass is 312 g/mol. The number of carbonyl (C=O) groups excluding carboxylic acids is 2. The van der Waals surface area contributed by atoms with E-state index in [-0.39, 0.29) is 18.4 Å². The summed E-state index contributed by atoms with van der Waals surface area (Å²) in [5, 5.41) is 13.9. The summed E-state index contributed by atoms with van der Waals surface area (Å²) in [6.45, 7) is 3.37. The molecule has 0 fully saturated rings. The largest absolute Gasteiger partial charge is 0.359 e. The highest BCUT2D eigenvalue weighted by atomic mass is 16.2. The van der Waals surface area contributed by atoms with Crippen LogP contribution in [0.15, 0.2) is 30.5 Å². The third-order valence-corrected chi connectivity index (χ3v) is 3.19. The molecule has 2 heterocycles. The molecule has 8 heteroatoms. The zero-order valence-corrected chi connectivity index (χ0v) is 12.8. The lowest BCUT2D eigenvalue weighted by Crippen LogP contribution is -2.19. The molecule has 23 heavy (non-hydrogen) atoms. The maximum absolute atomic E-state index is 12.1. The van der Waals surface area contributed by atoms with E-state index in [0.29, 0.717) is 11.5 Å². The van der Waals surface area contributed by atoms with E-state index in [9.17, 15) is 9.59 Å². The first-order valence-corrected chi connectivity index (χ1v) is 7.06. The van der Waals surface area contributed by atoms with E-state index in [4.69, 9.17) is 0 Å². The van der Waals surface area contributed by atoms with Crippen LogP contribution in [-0.2, 0) is 16.1 Å². The van der Waals surface area contributed by atoms with Gasteiger partial charge in [0.1, 0.15) is 6.54 Å². The molecule has 0 aliphatic carbocycles. The summed E-state index contributed by atoms with van der Waals surface area (Å²) in [5.41, 5.74) is 2.80. The first-order chi connectivity index (χ1) is 11.0. The predicted molar refractivity (Wildman–Crippen MR) is 86.0 cm³/mol. The molecule has 0 aliphatic heterocycles. The number of hydrogen-bond acceptors (Lipinski definition) is 4. The van der Waals surface area contributed by atoms with Crippen LogP contribution in [-0.4, -0.2) is 31.8 Å². The zero-order chi connectivity index (χ0) is 16.4. The Morgan fingerprint density at radius 3 is 2.87 bits per heavy atom. The summed E-state index contributed by atoms with van der Waals surface area (Å²) in [7, 11) is 0. The van der Waals surface area contributed by atoms with E-state index in [0.717, 1.165) is 16.6 Å². The Bertz CT molecular complexity index is 879. The van der Waals surface area contributed by atoms with Crippen molar-refractivity contribution in [2.75, 3.05) is 10.6 Å². The molecule has 0 saturated heterocycles. The Morgan fingerprint density at radius 2 is 2.09 bits per heavy atom. The van der Waals surface area contributed by atoms with Gasteiger partial charge in [0, 0.05) is 29.2 Å². The molecule has 8 nitrogen and oxygen atoms in total. The van der Waals surface area contributed by atoms with Gasteiger partial charge in [0.15, 0.2) is 5.82 Å². The second kappa shape index (κ2) is 5.91. The van der Waals surface area contributed by atoms with Crippen LogP contribution in [0.5, 0.6) is 0 Å². The fourth-order valence-electron chi connectivity index (χ4n) is 2.32. The third-order valence-electron chi connectivity index (χ3n) is 3.19. The molecule has 1 aromatic carbocycles. The molecule has 0 saturated carbocycles. The van der Waals surface area contributed by atoms with Crippen LogP contribution in [0.3, 0.4) is 0 Å². The molecule has 0 aliphatic rings. The number of aryl methyl sites for hydroxylation is 1. The second-order valence-electron chi connectivity index (χ2n) is 5.29. The van der Waals surface area contributed by atoms with Gasteiger partial charge >= 0.3 is 0 Å².